The van der Waals surface area contributed by atoms with Gasteiger partial charge in [-0.15, -0.1) is 0 Å². The minimum absolute atomic E-state index is 0.295. The number of aromatic amines is 1. The number of aromatic hydroxyl groups is 1. The van der Waals surface area contributed by atoms with E-state index in [1.165, 1.54) is 0 Å². The van der Waals surface area contributed by atoms with Crippen LogP contribution in [0.4, 0.5) is 0 Å². The van der Waals surface area contributed by atoms with Crippen LogP contribution in [-0.4, -0.2) is 5.11 Å². The topological polar surface area (TPSA) is 34.4 Å². The minimum Gasteiger partial charge on any atom is -0.502 e. The summed E-state index contributed by atoms with van der Waals surface area (Å²) in [7, 11) is 0. The molecule has 0 saturated carbocycles. The fourth-order valence-corrected chi connectivity index (χ4v) is 1.14. The number of rotatable bonds is 0. The van der Waals surface area contributed by atoms with E-state index in [0.717, 1.165) is 10.8 Å². The van der Waals surface area contributed by atoms with Gasteiger partial charge in [0.2, 0.25) is 6.20 Å². The average molecular weight is 146 g/mol. The smallest absolute Gasteiger partial charge is 0.209 e. The Morgan fingerprint density at radius 1 is 1.09 bits per heavy atom. The zero-order chi connectivity index (χ0) is 7.68. The maximum absolute atomic E-state index is 9.34. The van der Waals surface area contributed by atoms with Gasteiger partial charge in [-0.3, -0.25) is 0 Å². The fraction of sp³-hybridized carbons (Fsp3) is 0. The van der Waals surface area contributed by atoms with Gasteiger partial charge in [-0.25, -0.2) is 4.98 Å². The highest BCUT2D eigenvalue weighted by atomic mass is 16.3. The summed E-state index contributed by atoms with van der Waals surface area (Å²) < 4.78 is 0. The van der Waals surface area contributed by atoms with Crippen LogP contribution in [0.1, 0.15) is 0 Å². The maximum Gasteiger partial charge on any atom is 0.209 e. The molecule has 0 bridgehead atoms. The first-order valence-corrected chi connectivity index (χ1v) is 3.46. The van der Waals surface area contributed by atoms with Crippen molar-refractivity contribution in [2.24, 2.45) is 0 Å². The first-order valence-electron chi connectivity index (χ1n) is 3.46. The molecule has 2 nitrogen and oxygen atoms in total. The van der Waals surface area contributed by atoms with Crippen LogP contribution in [0.15, 0.2) is 36.7 Å². The second-order valence-corrected chi connectivity index (χ2v) is 2.43. The van der Waals surface area contributed by atoms with E-state index in [9.17, 15) is 5.11 Å². The van der Waals surface area contributed by atoms with Crippen molar-refractivity contribution >= 4 is 10.8 Å². The lowest BCUT2D eigenvalue weighted by Crippen LogP contribution is -1.97. The van der Waals surface area contributed by atoms with E-state index in [1.807, 2.05) is 30.5 Å². The van der Waals surface area contributed by atoms with E-state index in [1.54, 1.807) is 6.20 Å². The Kier molecular flexibility index (Phi) is 1.25. The van der Waals surface area contributed by atoms with Crippen LogP contribution in [0.25, 0.3) is 10.8 Å². The molecule has 0 fully saturated rings. The van der Waals surface area contributed by atoms with Crippen LogP contribution < -0.4 is 4.98 Å². The molecule has 1 aromatic carbocycles. The van der Waals surface area contributed by atoms with Gasteiger partial charge in [0.15, 0.2) is 11.9 Å². The van der Waals surface area contributed by atoms with E-state index < -0.39 is 0 Å². The van der Waals surface area contributed by atoms with Crippen molar-refractivity contribution in [2.75, 3.05) is 0 Å². The lowest BCUT2D eigenvalue weighted by Gasteiger charge is -1.93. The van der Waals surface area contributed by atoms with Crippen molar-refractivity contribution in [1.29, 1.82) is 0 Å². The SMILES string of the molecule is Oc1c[nH+]cc2ccccc12. The molecule has 0 unspecified atom stereocenters. The second kappa shape index (κ2) is 2.23. The molecule has 2 heteroatoms. The molecule has 0 spiro atoms. The quantitative estimate of drug-likeness (QED) is 0.598. The molecule has 2 aromatic rings. The van der Waals surface area contributed by atoms with Gasteiger partial charge in [0, 0.05) is 10.8 Å². The van der Waals surface area contributed by atoms with Crippen molar-refractivity contribution in [3.63, 3.8) is 0 Å². The third-order valence-corrected chi connectivity index (χ3v) is 1.70. The number of H-pyrrole nitrogens is 1. The van der Waals surface area contributed by atoms with Gasteiger partial charge in [-0.05, 0) is 6.07 Å². The first kappa shape index (κ1) is 6.16. The van der Waals surface area contributed by atoms with E-state index in [2.05, 4.69) is 4.98 Å². The maximum atomic E-state index is 9.34. The van der Waals surface area contributed by atoms with Crippen molar-refractivity contribution in [3.05, 3.63) is 36.7 Å². The largest absolute Gasteiger partial charge is 0.502 e. The van der Waals surface area contributed by atoms with E-state index in [4.69, 9.17) is 0 Å². The highest BCUT2D eigenvalue weighted by Crippen LogP contribution is 2.19. The van der Waals surface area contributed by atoms with Crippen LogP contribution in [0.3, 0.4) is 0 Å². The molecule has 2 rings (SSSR count). The summed E-state index contributed by atoms with van der Waals surface area (Å²) in [6, 6.07) is 7.68. The number of hydrogen-bond acceptors (Lipinski definition) is 1. The van der Waals surface area contributed by atoms with Gasteiger partial charge >= 0.3 is 0 Å². The number of aromatic nitrogens is 1. The highest BCUT2D eigenvalue weighted by Gasteiger charge is 1.99. The van der Waals surface area contributed by atoms with Crippen LogP contribution in [0, 0.1) is 0 Å². The Morgan fingerprint density at radius 2 is 1.91 bits per heavy atom. The van der Waals surface area contributed by atoms with E-state index in [0.29, 0.717) is 5.75 Å². The molecule has 0 atom stereocenters. The molecule has 11 heavy (non-hydrogen) atoms. The number of hydrogen-bond donors (Lipinski definition) is 1. The lowest BCUT2D eigenvalue weighted by molar-refractivity contribution is -0.376. The summed E-state index contributed by atoms with van der Waals surface area (Å²) in [6.45, 7) is 0. The number of nitrogens with one attached hydrogen (secondary N) is 1. The molecule has 1 heterocycles. The van der Waals surface area contributed by atoms with Gasteiger partial charge in [0.1, 0.15) is 0 Å². The van der Waals surface area contributed by atoms with Gasteiger partial charge in [-0.1, -0.05) is 18.2 Å². The Hall–Kier alpha value is -1.57. The average Bonchev–Trinajstić information content (AvgIpc) is 2.06. The van der Waals surface area contributed by atoms with Gasteiger partial charge in [0.25, 0.3) is 0 Å². The summed E-state index contributed by atoms with van der Waals surface area (Å²) in [5.41, 5.74) is 0. The Bertz CT molecular complexity index is 379. The van der Waals surface area contributed by atoms with Crippen LogP contribution in [-0.2, 0) is 0 Å². The summed E-state index contributed by atoms with van der Waals surface area (Å²) >= 11 is 0. The molecule has 1 aromatic heterocycles. The Balaban J connectivity index is 2.91. The molecule has 0 amide bonds. The summed E-state index contributed by atoms with van der Waals surface area (Å²) in [5.74, 6) is 0.295. The second-order valence-electron chi connectivity index (χ2n) is 2.43. The van der Waals surface area contributed by atoms with Gasteiger partial charge in [-0.2, -0.15) is 0 Å². The number of pyridine rings is 1. The van der Waals surface area contributed by atoms with Crippen LogP contribution in [0.2, 0.25) is 0 Å². The third kappa shape index (κ3) is 0.923. The third-order valence-electron chi connectivity index (χ3n) is 1.70. The first-order chi connectivity index (χ1) is 5.38. The molecular formula is C9H8NO+. The van der Waals surface area contributed by atoms with Crippen LogP contribution >= 0.6 is 0 Å². The number of fused-ring (bicyclic) bond motifs is 1. The lowest BCUT2D eigenvalue weighted by atomic mass is 10.2. The summed E-state index contributed by atoms with van der Waals surface area (Å²) in [4.78, 5) is 2.85. The van der Waals surface area contributed by atoms with E-state index >= 15 is 0 Å². The molecule has 0 radical (unpaired) electrons. The van der Waals surface area contributed by atoms with Crippen LogP contribution in [0.5, 0.6) is 5.75 Å². The zero-order valence-electron chi connectivity index (χ0n) is 5.91. The minimum atomic E-state index is 0.295. The fourth-order valence-electron chi connectivity index (χ4n) is 1.14. The Labute approximate surface area is 64.1 Å². The van der Waals surface area contributed by atoms with Crippen molar-refractivity contribution in [2.45, 2.75) is 0 Å². The van der Waals surface area contributed by atoms with Crippen molar-refractivity contribution in [1.82, 2.24) is 0 Å². The summed E-state index contributed by atoms with van der Waals surface area (Å²) in [5, 5.41) is 11.2. The standard InChI is InChI=1S/C9H7NO/c11-9-6-10-5-7-3-1-2-4-8(7)9/h1-6,11H/p+1. The predicted molar refractivity (Wildman–Crippen MR) is 42.2 cm³/mol. The molecule has 0 aliphatic rings. The van der Waals surface area contributed by atoms with Gasteiger partial charge in [0.05, 0.1) is 0 Å². The molecule has 54 valence electrons. The molecule has 0 saturated heterocycles. The molecular weight excluding hydrogens is 138 g/mol. The predicted octanol–water partition coefficient (Wildman–Crippen LogP) is 1.36. The summed E-state index contributed by atoms with van der Waals surface area (Å²) in [6.07, 6.45) is 3.43. The van der Waals surface area contributed by atoms with E-state index in [-0.39, 0.29) is 0 Å². The zero-order valence-corrected chi connectivity index (χ0v) is 5.91. The van der Waals surface area contributed by atoms with Crippen molar-refractivity contribution < 1.29 is 10.1 Å². The molecule has 0 aliphatic heterocycles. The van der Waals surface area contributed by atoms with Gasteiger partial charge < -0.3 is 5.11 Å². The molecule has 2 N–H and O–H groups in total. The van der Waals surface area contributed by atoms with Crippen molar-refractivity contribution in [3.8, 4) is 5.75 Å². The highest BCUT2D eigenvalue weighted by molar-refractivity contribution is 5.85. The monoisotopic (exact) mass is 146 g/mol. The Morgan fingerprint density at radius 3 is 2.73 bits per heavy atom. The normalized spacial score (nSPS) is 10.2. The molecule has 0 aliphatic carbocycles. The number of benzene rings is 1.